The van der Waals surface area contributed by atoms with Gasteiger partial charge < -0.3 is 10.0 Å². The van der Waals surface area contributed by atoms with E-state index in [4.69, 9.17) is 5.11 Å². The highest BCUT2D eigenvalue weighted by Gasteiger charge is 2.46. The Kier molecular flexibility index (Phi) is 3.98. The lowest BCUT2D eigenvalue weighted by Gasteiger charge is -2.25. The summed E-state index contributed by atoms with van der Waals surface area (Å²) in [5.74, 6) is -3.15. The van der Waals surface area contributed by atoms with Crippen molar-refractivity contribution in [3.8, 4) is 0 Å². The molecule has 1 N–H and O–H groups in total. The topological polar surface area (TPSA) is 66.6 Å². The Balaban J connectivity index is 2.47. The van der Waals surface area contributed by atoms with Gasteiger partial charge in [0, 0.05) is 18.2 Å². The lowest BCUT2D eigenvalue weighted by molar-refractivity contribution is -0.388. The molecule has 1 saturated heterocycles. The fourth-order valence-electron chi connectivity index (χ4n) is 2.45. The van der Waals surface area contributed by atoms with Gasteiger partial charge in [0.15, 0.2) is 0 Å². The predicted molar refractivity (Wildman–Crippen MR) is 65.9 cm³/mol. The fraction of sp³-hybridized carbons (Fsp3) is 0.500. The molecule has 1 aromatic carbocycles. The van der Waals surface area contributed by atoms with Crippen molar-refractivity contribution in [2.24, 2.45) is 0 Å². The molecular formula is C12H11F5N2O3. The molecule has 122 valence electrons. The predicted octanol–water partition coefficient (Wildman–Crippen LogP) is 2.82. The van der Waals surface area contributed by atoms with Gasteiger partial charge in [0.1, 0.15) is 5.56 Å². The van der Waals surface area contributed by atoms with Crippen LogP contribution in [0.4, 0.5) is 33.3 Å². The van der Waals surface area contributed by atoms with E-state index in [1.807, 2.05) is 0 Å². The summed E-state index contributed by atoms with van der Waals surface area (Å²) in [4.78, 5) is 10.4. The second-order valence-corrected chi connectivity index (χ2v) is 4.98. The standard InChI is InChI=1S/C12H11F5N2O3/c13-11(14)4-8(5-20)18(6-11)7-1-2-10(19(21)22)9(3-7)12(15,16)17/h1-3,8,20H,4-6H2/t8-/m0/s1. The monoisotopic (exact) mass is 326 g/mol. The summed E-state index contributed by atoms with van der Waals surface area (Å²) in [7, 11) is 0. The Morgan fingerprint density at radius 1 is 1.41 bits per heavy atom. The van der Waals surface area contributed by atoms with Crippen molar-refractivity contribution < 1.29 is 32.0 Å². The summed E-state index contributed by atoms with van der Waals surface area (Å²) in [5, 5.41) is 19.8. The molecule has 0 bridgehead atoms. The van der Waals surface area contributed by atoms with Gasteiger partial charge in [0.25, 0.3) is 11.6 Å². The molecule has 0 amide bonds. The number of alkyl halides is 5. The van der Waals surface area contributed by atoms with E-state index in [-0.39, 0.29) is 5.69 Å². The van der Waals surface area contributed by atoms with Gasteiger partial charge in [-0.05, 0) is 12.1 Å². The van der Waals surface area contributed by atoms with Gasteiger partial charge in [-0.1, -0.05) is 0 Å². The van der Waals surface area contributed by atoms with Crippen molar-refractivity contribution in [3.63, 3.8) is 0 Å². The van der Waals surface area contributed by atoms with Crippen LogP contribution in [-0.4, -0.2) is 35.1 Å². The number of nitro groups is 1. The van der Waals surface area contributed by atoms with Crippen molar-refractivity contribution in [2.45, 2.75) is 24.6 Å². The molecule has 1 heterocycles. The Morgan fingerprint density at radius 2 is 2.05 bits per heavy atom. The molecule has 0 saturated carbocycles. The number of benzene rings is 1. The van der Waals surface area contributed by atoms with E-state index < -0.39 is 53.9 Å². The van der Waals surface area contributed by atoms with E-state index in [1.165, 1.54) is 0 Å². The van der Waals surface area contributed by atoms with Gasteiger partial charge in [-0.25, -0.2) is 8.78 Å². The van der Waals surface area contributed by atoms with E-state index in [9.17, 15) is 32.1 Å². The van der Waals surface area contributed by atoms with Crippen LogP contribution in [0.1, 0.15) is 12.0 Å². The van der Waals surface area contributed by atoms with Crippen LogP contribution in [0.5, 0.6) is 0 Å². The lowest BCUT2D eigenvalue weighted by Crippen LogP contribution is -2.33. The van der Waals surface area contributed by atoms with E-state index >= 15 is 0 Å². The smallest absolute Gasteiger partial charge is 0.394 e. The highest BCUT2D eigenvalue weighted by Crippen LogP contribution is 2.41. The van der Waals surface area contributed by atoms with Crippen LogP contribution in [0.2, 0.25) is 0 Å². The molecular weight excluding hydrogens is 315 g/mol. The molecule has 1 aliphatic heterocycles. The maximum atomic E-state index is 13.4. The number of rotatable bonds is 3. The van der Waals surface area contributed by atoms with E-state index in [2.05, 4.69) is 0 Å². The number of hydrogen-bond donors (Lipinski definition) is 1. The Labute approximate surface area is 121 Å². The van der Waals surface area contributed by atoms with Crippen LogP contribution < -0.4 is 4.90 Å². The summed E-state index contributed by atoms with van der Waals surface area (Å²) in [5.41, 5.74) is -2.90. The van der Waals surface area contributed by atoms with Gasteiger partial charge >= 0.3 is 6.18 Å². The largest absolute Gasteiger partial charge is 0.423 e. The van der Waals surface area contributed by atoms with Crippen LogP contribution in [-0.2, 0) is 6.18 Å². The molecule has 0 unspecified atom stereocenters. The van der Waals surface area contributed by atoms with Gasteiger partial charge in [0.2, 0.25) is 0 Å². The van der Waals surface area contributed by atoms with Gasteiger partial charge in [-0.3, -0.25) is 10.1 Å². The average molecular weight is 326 g/mol. The number of hydrogen-bond acceptors (Lipinski definition) is 4. The Bertz CT molecular complexity index is 591. The fourth-order valence-corrected chi connectivity index (χ4v) is 2.45. The SMILES string of the molecule is O=[N+]([O-])c1ccc(N2CC(F)(F)C[C@H]2CO)cc1C(F)(F)F. The second kappa shape index (κ2) is 5.34. The van der Waals surface area contributed by atoms with E-state index in [0.717, 1.165) is 11.0 Å². The number of aliphatic hydroxyl groups excluding tert-OH is 1. The zero-order valence-corrected chi connectivity index (χ0v) is 11.0. The van der Waals surface area contributed by atoms with Gasteiger partial charge in [0.05, 0.1) is 24.1 Å². The Morgan fingerprint density at radius 3 is 2.55 bits per heavy atom. The molecule has 5 nitrogen and oxygen atoms in total. The molecule has 0 aliphatic carbocycles. The van der Waals surface area contributed by atoms with Crippen LogP contribution in [0.15, 0.2) is 18.2 Å². The van der Waals surface area contributed by atoms with Crippen LogP contribution >= 0.6 is 0 Å². The molecule has 1 aromatic rings. The van der Waals surface area contributed by atoms with Crippen molar-refractivity contribution in [2.75, 3.05) is 18.1 Å². The molecule has 0 radical (unpaired) electrons. The second-order valence-electron chi connectivity index (χ2n) is 4.98. The number of halogens is 5. The molecule has 1 fully saturated rings. The molecule has 10 heteroatoms. The maximum absolute atomic E-state index is 13.4. The van der Waals surface area contributed by atoms with Gasteiger partial charge in [-0.2, -0.15) is 13.2 Å². The quantitative estimate of drug-likeness (QED) is 0.527. The third kappa shape index (κ3) is 3.11. The maximum Gasteiger partial charge on any atom is 0.423 e. The van der Waals surface area contributed by atoms with Crippen molar-refractivity contribution in [1.82, 2.24) is 0 Å². The minimum Gasteiger partial charge on any atom is -0.394 e. The first-order valence-corrected chi connectivity index (χ1v) is 6.16. The van der Waals surface area contributed by atoms with Gasteiger partial charge in [-0.15, -0.1) is 0 Å². The van der Waals surface area contributed by atoms with Crippen LogP contribution in [0.3, 0.4) is 0 Å². The average Bonchev–Trinajstić information content (AvgIpc) is 2.72. The highest BCUT2D eigenvalue weighted by atomic mass is 19.4. The lowest BCUT2D eigenvalue weighted by atomic mass is 10.1. The molecule has 0 spiro atoms. The third-order valence-electron chi connectivity index (χ3n) is 3.40. The minimum atomic E-state index is -4.99. The first-order valence-electron chi connectivity index (χ1n) is 6.16. The first kappa shape index (κ1) is 16.4. The summed E-state index contributed by atoms with van der Waals surface area (Å²) in [6, 6.07) is 1.01. The highest BCUT2D eigenvalue weighted by molar-refractivity contribution is 5.58. The third-order valence-corrected chi connectivity index (χ3v) is 3.40. The van der Waals surface area contributed by atoms with E-state index in [1.54, 1.807) is 0 Å². The molecule has 1 aliphatic rings. The summed E-state index contributed by atoms with van der Waals surface area (Å²) in [6.07, 6.45) is -5.68. The van der Waals surface area contributed by atoms with Crippen molar-refractivity contribution in [1.29, 1.82) is 0 Å². The number of aliphatic hydroxyl groups is 1. The molecule has 0 aromatic heterocycles. The first-order chi connectivity index (χ1) is 10.0. The van der Waals surface area contributed by atoms with Crippen LogP contribution in [0, 0.1) is 10.1 Å². The normalized spacial score (nSPS) is 21.2. The summed E-state index contributed by atoms with van der Waals surface area (Å²) in [6.45, 7) is -1.51. The zero-order chi connectivity index (χ0) is 16.7. The Hall–Kier alpha value is -1.97. The molecule has 2 rings (SSSR count). The number of nitrogens with zero attached hydrogens (tertiary/aromatic N) is 2. The molecule has 1 atom stereocenters. The number of nitro benzene ring substituents is 1. The summed E-state index contributed by atoms with van der Waals surface area (Å²) < 4.78 is 65.4. The van der Waals surface area contributed by atoms with E-state index in [0.29, 0.717) is 12.1 Å². The molecule has 22 heavy (non-hydrogen) atoms. The summed E-state index contributed by atoms with van der Waals surface area (Å²) >= 11 is 0. The van der Waals surface area contributed by atoms with Crippen molar-refractivity contribution >= 4 is 11.4 Å². The van der Waals surface area contributed by atoms with Crippen molar-refractivity contribution in [3.05, 3.63) is 33.9 Å². The zero-order valence-electron chi connectivity index (χ0n) is 11.0. The number of anilines is 1. The minimum absolute atomic E-state index is 0.242. The van der Waals surface area contributed by atoms with Crippen LogP contribution in [0.25, 0.3) is 0 Å².